The molecule has 0 aliphatic heterocycles. The maximum Gasteiger partial charge on any atom is 0.335 e. The van der Waals surface area contributed by atoms with Crippen molar-refractivity contribution in [2.24, 2.45) is 0 Å². The van der Waals surface area contributed by atoms with Crippen molar-refractivity contribution in [2.75, 3.05) is 6.54 Å². The third kappa shape index (κ3) is 5.62. The Morgan fingerprint density at radius 3 is 2.70 bits per heavy atom. The van der Waals surface area contributed by atoms with Crippen LogP contribution in [0.5, 0.6) is 0 Å². The second kappa shape index (κ2) is 9.28. The van der Waals surface area contributed by atoms with Crippen molar-refractivity contribution < 1.29 is 14.7 Å². The molecule has 0 spiro atoms. The molecule has 0 saturated carbocycles. The smallest absolute Gasteiger partial charge is 0.335 e. The molecular formula is C21H22N2O3S. The van der Waals surface area contributed by atoms with Crippen LogP contribution in [0.25, 0.3) is 10.2 Å². The van der Waals surface area contributed by atoms with Crippen LogP contribution in [0.1, 0.15) is 40.2 Å². The summed E-state index contributed by atoms with van der Waals surface area (Å²) in [5, 5.41) is 13.0. The maximum absolute atomic E-state index is 11.9. The lowest BCUT2D eigenvalue weighted by molar-refractivity contribution is -0.121. The fourth-order valence-electron chi connectivity index (χ4n) is 2.88. The zero-order valence-electron chi connectivity index (χ0n) is 15.0. The van der Waals surface area contributed by atoms with Crippen molar-refractivity contribution in [3.05, 3.63) is 64.7 Å². The highest BCUT2D eigenvalue weighted by Gasteiger charge is 2.06. The number of thiazole rings is 1. The largest absolute Gasteiger partial charge is 0.478 e. The molecule has 140 valence electrons. The number of hydrogen-bond donors (Lipinski definition) is 2. The molecular weight excluding hydrogens is 360 g/mol. The van der Waals surface area contributed by atoms with Crippen molar-refractivity contribution in [2.45, 2.75) is 32.1 Å². The van der Waals surface area contributed by atoms with E-state index in [-0.39, 0.29) is 11.5 Å². The lowest BCUT2D eigenvalue weighted by atomic mass is 10.1. The number of nitrogens with one attached hydrogen (secondary N) is 1. The molecule has 0 unspecified atom stereocenters. The van der Waals surface area contributed by atoms with Gasteiger partial charge in [0, 0.05) is 13.0 Å². The van der Waals surface area contributed by atoms with Crippen molar-refractivity contribution >= 4 is 33.4 Å². The van der Waals surface area contributed by atoms with Crippen molar-refractivity contribution in [3.63, 3.8) is 0 Å². The van der Waals surface area contributed by atoms with E-state index in [0.717, 1.165) is 35.4 Å². The number of amides is 1. The van der Waals surface area contributed by atoms with Crippen LogP contribution in [0, 0.1) is 0 Å². The summed E-state index contributed by atoms with van der Waals surface area (Å²) < 4.78 is 1.21. The fourth-order valence-corrected chi connectivity index (χ4v) is 3.89. The number of unbranched alkanes of at least 4 members (excludes halogenated alkanes) is 1. The molecule has 0 radical (unpaired) electrons. The fraction of sp³-hybridized carbons (Fsp3) is 0.286. The minimum absolute atomic E-state index is 0.0358. The number of rotatable bonds is 9. The van der Waals surface area contributed by atoms with Crippen molar-refractivity contribution in [1.29, 1.82) is 0 Å². The SMILES string of the molecule is O=C(CCCCc1nc2ccccc2s1)NCCc1cccc(C(=O)O)c1. The number of fused-ring (bicyclic) bond motifs is 1. The number of aromatic carboxylic acids is 1. The first-order chi connectivity index (χ1) is 13.1. The van der Waals surface area contributed by atoms with Gasteiger partial charge in [0.1, 0.15) is 0 Å². The number of carboxylic acids is 1. The summed E-state index contributed by atoms with van der Waals surface area (Å²) in [5.41, 5.74) is 2.22. The molecule has 0 fully saturated rings. The zero-order chi connectivity index (χ0) is 19.1. The van der Waals surface area contributed by atoms with Gasteiger partial charge < -0.3 is 10.4 Å². The van der Waals surface area contributed by atoms with E-state index in [1.807, 2.05) is 24.3 Å². The summed E-state index contributed by atoms with van der Waals surface area (Å²) >= 11 is 1.72. The van der Waals surface area contributed by atoms with Gasteiger partial charge in [0.25, 0.3) is 0 Å². The Hall–Kier alpha value is -2.73. The van der Waals surface area contributed by atoms with Crippen LogP contribution in [0.2, 0.25) is 0 Å². The molecule has 0 aliphatic rings. The van der Waals surface area contributed by atoms with Gasteiger partial charge in [-0.15, -0.1) is 11.3 Å². The van der Waals surface area contributed by atoms with Crippen LogP contribution in [0.4, 0.5) is 0 Å². The second-order valence-corrected chi connectivity index (χ2v) is 7.50. The van der Waals surface area contributed by atoms with E-state index in [0.29, 0.717) is 19.4 Å². The predicted molar refractivity (Wildman–Crippen MR) is 107 cm³/mol. The summed E-state index contributed by atoms with van der Waals surface area (Å²) in [6.07, 6.45) is 3.79. The quantitative estimate of drug-likeness (QED) is 0.547. The number of aryl methyl sites for hydroxylation is 1. The highest BCUT2D eigenvalue weighted by molar-refractivity contribution is 7.18. The number of carbonyl (C=O) groups excluding carboxylic acids is 1. The number of aromatic nitrogens is 1. The average Bonchev–Trinajstić information content (AvgIpc) is 3.08. The minimum atomic E-state index is -0.936. The monoisotopic (exact) mass is 382 g/mol. The van der Waals surface area contributed by atoms with Crippen molar-refractivity contribution in [3.8, 4) is 0 Å². The van der Waals surface area contributed by atoms with Gasteiger partial charge in [0.05, 0.1) is 20.8 Å². The van der Waals surface area contributed by atoms with Gasteiger partial charge in [-0.05, 0) is 55.5 Å². The van der Waals surface area contributed by atoms with Gasteiger partial charge in [0.15, 0.2) is 0 Å². The summed E-state index contributed by atoms with van der Waals surface area (Å²) in [6, 6.07) is 14.9. The van der Waals surface area contributed by atoms with E-state index in [2.05, 4.69) is 16.4 Å². The Kier molecular flexibility index (Phi) is 6.54. The third-order valence-corrected chi connectivity index (χ3v) is 5.39. The first-order valence-electron chi connectivity index (χ1n) is 9.05. The standard InChI is InChI=1S/C21H22N2O3S/c24-19(22-13-12-15-6-5-7-16(14-15)21(25)26)10-3-4-11-20-23-17-8-1-2-9-18(17)27-20/h1-2,5-9,14H,3-4,10-13H2,(H,22,24)(H,25,26). The van der Waals surface area contributed by atoms with E-state index >= 15 is 0 Å². The molecule has 5 nitrogen and oxygen atoms in total. The topological polar surface area (TPSA) is 79.3 Å². The van der Waals surface area contributed by atoms with Gasteiger partial charge in [0.2, 0.25) is 5.91 Å². The van der Waals surface area contributed by atoms with Crippen LogP contribution < -0.4 is 5.32 Å². The van der Waals surface area contributed by atoms with E-state index in [9.17, 15) is 9.59 Å². The Morgan fingerprint density at radius 2 is 1.89 bits per heavy atom. The Balaban J connectivity index is 1.34. The molecule has 3 aromatic rings. The lowest BCUT2D eigenvalue weighted by Crippen LogP contribution is -2.25. The normalized spacial score (nSPS) is 10.8. The average molecular weight is 382 g/mol. The molecule has 1 heterocycles. The zero-order valence-corrected chi connectivity index (χ0v) is 15.8. The minimum Gasteiger partial charge on any atom is -0.478 e. The van der Waals surface area contributed by atoms with Gasteiger partial charge in [-0.2, -0.15) is 0 Å². The van der Waals surface area contributed by atoms with E-state index < -0.39 is 5.97 Å². The molecule has 2 N–H and O–H groups in total. The van der Waals surface area contributed by atoms with Crippen LogP contribution in [-0.4, -0.2) is 28.5 Å². The maximum atomic E-state index is 11.9. The summed E-state index contributed by atoms with van der Waals surface area (Å²) in [6.45, 7) is 0.514. The molecule has 2 aromatic carbocycles. The number of para-hydroxylation sites is 1. The first kappa shape index (κ1) is 19.0. The molecule has 6 heteroatoms. The number of carboxylic acid groups (broad SMARTS) is 1. The molecule has 0 saturated heterocycles. The molecule has 3 rings (SSSR count). The number of nitrogens with zero attached hydrogens (tertiary/aromatic N) is 1. The second-order valence-electron chi connectivity index (χ2n) is 6.39. The highest BCUT2D eigenvalue weighted by Crippen LogP contribution is 2.22. The summed E-state index contributed by atoms with van der Waals surface area (Å²) in [5.74, 6) is -0.900. The number of carbonyl (C=O) groups is 2. The lowest BCUT2D eigenvalue weighted by Gasteiger charge is -2.06. The molecule has 27 heavy (non-hydrogen) atoms. The number of hydrogen-bond acceptors (Lipinski definition) is 4. The molecule has 0 atom stereocenters. The van der Waals surface area contributed by atoms with Gasteiger partial charge >= 0.3 is 5.97 Å². The third-order valence-electron chi connectivity index (χ3n) is 4.29. The van der Waals surface area contributed by atoms with Crippen LogP contribution in [0.15, 0.2) is 48.5 Å². The predicted octanol–water partition coefficient (Wildman–Crippen LogP) is 4.07. The Bertz CT molecular complexity index is 903. The molecule has 1 aromatic heterocycles. The van der Waals surface area contributed by atoms with Crippen LogP contribution in [-0.2, 0) is 17.6 Å². The summed E-state index contributed by atoms with van der Waals surface area (Å²) in [7, 11) is 0. The van der Waals surface area contributed by atoms with Crippen LogP contribution in [0.3, 0.4) is 0 Å². The molecule has 0 bridgehead atoms. The van der Waals surface area contributed by atoms with E-state index in [4.69, 9.17) is 5.11 Å². The van der Waals surface area contributed by atoms with E-state index in [1.165, 1.54) is 4.70 Å². The highest BCUT2D eigenvalue weighted by atomic mass is 32.1. The van der Waals surface area contributed by atoms with Gasteiger partial charge in [-0.1, -0.05) is 24.3 Å². The summed E-state index contributed by atoms with van der Waals surface area (Å²) in [4.78, 5) is 27.5. The molecule has 0 aliphatic carbocycles. The first-order valence-corrected chi connectivity index (χ1v) is 9.87. The van der Waals surface area contributed by atoms with Crippen molar-refractivity contribution in [1.82, 2.24) is 10.3 Å². The van der Waals surface area contributed by atoms with E-state index in [1.54, 1.807) is 29.5 Å². The van der Waals surface area contributed by atoms with Gasteiger partial charge in [-0.25, -0.2) is 9.78 Å². The van der Waals surface area contributed by atoms with Crippen LogP contribution >= 0.6 is 11.3 Å². The Labute approximate surface area is 162 Å². The van der Waals surface area contributed by atoms with Gasteiger partial charge in [-0.3, -0.25) is 4.79 Å². The number of benzene rings is 2. The Morgan fingerprint density at radius 1 is 1.04 bits per heavy atom. The molecule has 1 amide bonds.